The highest BCUT2D eigenvalue weighted by Gasteiger charge is 2.24. The van der Waals surface area contributed by atoms with E-state index in [4.69, 9.17) is 4.74 Å². The van der Waals surface area contributed by atoms with Gasteiger partial charge in [-0.1, -0.05) is 0 Å². The van der Waals surface area contributed by atoms with E-state index in [1.807, 2.05) is 4.90 Å². The van der Waals surface area contributed by atoms with Gasteiger partial charge in [0.05, 0.1) is 31.1 Å². The van der Waals surface area contributed by atoms with Crippen LogP contribution in [0.2, 0.25) is 0 Å². The number of aryl methyl sites for hydroxylation is 2. The Labute approximate surface area is 169 Å². The van der Waals surface area contributed by atoms with Crippen molar-refractivity contribution >= 4 is 21.9 Å². The van der Waals surface area contributed by atoms with E-state index in [9.17, 15) is 8.42 Å². The molecule has 2 saturated heterocycles. The third-order valence-electron chi connectivity index (χ3n) is 5.09. The summed E-state index contributed by atoms with van der Waals surface area (Å²) in [6, 6.07) is 0. The lowest BCUT2D eigenvalue weighted by Crippen LogP contribution is -2.38. The third-order valence-corrected chi connectivity index (χ3v) is 6.75. The highest BCUT2D eigenvalue weighted by atomic mass is 32.2. The van der Waals surface area contributed by atoms with Gasteiger partial charge in [0.25, 0.3) is 0 Å². The first-order valence-corrected chi connectivity index (χ1v) is 11.3. The fourth-order valence-corrected chi connectivity index (χ4v) is 4.95. The summed E-state index contributed by atoms with van der Waals surface area (Å²) in [5.74, 6) is 1.56. The summed E-state index contributed by atoms with van der Waals surface area (Å²) in [6.45, 7) is 7.73. The molecule has 2 fully saturated rings. The second-order valence-corrected chi connectivity index (χ2v) is 8.94. The van der Waals surface area contributed by atoms with Crippen molar-refractivity contribution in [2.45, 2.75) is 38.1 Å². The predicted octanol–water partition coefficient (Wildman–Crippen LogP) is 0.127. The van der Waals surface area contributed by atoms with E-state index < -0.39 is 10.0 Å². The molecule has 0 radical (unpaired) electrons. The van der Waals surface area contributed by atoms with Gasteiger partial charge in [-0.25, -0.2) is 13.1 Å². The van der Waals surface area contributed by atoms with Gasteiger partial charge in [0.15, 0.2) is 5.82 Å². The minimum Gasteiger partial charge on any atom is -0.378 e. The lowest BCUT2D eigenvalue weighted by atomic mass is 10.4. The largest absolute Gasteiger partial charge is 0.378 e. The van der Waals surface area contributed by atoms with Crippen LogP contribution in [0.3, 0.4) is 0 Å². The third kappa shape index (κ3) is 4.33. The first-order chi connectivity index (χ1) is 13.9. The number of aromatic nitrogens is 5. The SMILES string of the molecule is Cc1n[nH]c(C)c1S(=O)(=O)NCc1nc(N2CCCC2)nc(N2CCOCC2)n1. The van der Waals surface area contributed by atoms with Crippen LogP contribution < -0.4 is 14.5 Å². The fraction of sp³-hybridized carbons (Fsp3) is 0.647. The Hall–Kier alpha value is -2.31. The second kappa shape index (κ2) is 8.20. The van der Waals surface area contributed by atoms with Gasteiger partial charge in [0.1, 0.15) is 4.90 Å². The van der Waals surface area contributed by atoms with E-state index >= 15 is 0 Å². The van der Waals surface area contributed by atoms with Crippen LogP contribution in [-0.4, -0.2) is 73.0 Å². The number of anilines is 2. The minimum absolute atomic E-state index is 0.0207. The van der Waals surface area contributed by atoms with Crippen LogP contribution in [0.15, 0.2) is 4.90 Å². The first kappa shape index (κ1) is 20.0. The highest BCUT2D eigenvalue weighted by Crippen LogP contribution is 2.20. The molecule has 2 N–H and O–H groups in total. The molecule has 0 spiro atoms. The summed E-state index contributed by atoms with van der Waals surface area (Å²) in [4.78, 5) is 18.0. The molecule has 11 nitrogen and oxygen atoms in total. The van der Waals surface area contributed by atoms with Crippen molar-refractivity contribution in [1.82, 2.24) is 29.9 Å². The van der Waals surface area contributed by atoms with E-state index in [1.54, 1.807) is 13.8 Å². The molecule has 158 valence electrons. The smallest absolute Gasteiger partial charge is 0.244 e. The number of sulfonamides is 1. The topological polar surface area (TPSA) is 129 Å². The van der Waals surface area contributed by atoms with Crippen molar-refractivity contribution in [2.75, 3.05) is 49.2 Å². The van der Waals surface area contributed by atoms with E-state index in [-0.39, 0.29) is 11.4 Å². The molecule has 0 atom stereocenters. The van der Waals surface area contributed by atoms with Gasteiger partial charge in [-0.3, -0.25) is 5.10 Å². The Bertz CT molecular complexity index is 946. The number of nitrogens with zero attached hydrogens (tertiary/aromatic N) is 6. The molecule has 0 aromatic carbocycles. The maximum Gasteiger partial charge on any atom is 0.244 e. The van der Waals surface area contributed by atoms with E-state index in [0.29, 0.717) is 55.4 Å². The van der Waals surface area contributed by atoms with Gasteiger partial charge in [-0.15, -0.1) is 0 Å². The Morgan fingerprint density at radius 2 is 1.62 bits per heavy atom. The number of H-pyrrole nitrogens is 1. The molecule has 4 rings (SSSR count). The zero-order valence-corrected chi connectivity index (χ0v) is 17.5. The molecule has 0 amide bonds. The number of nitrogens with one attached hydrogen (secondary N) is 2. The molecule has 0 aliphatic carbocycles. The van der Waals surface area contributed by atoms with Crippen LogP contribution in [0.25, 0.3) is 0 Å². The van der Waals surface area contributed by atoms with Gasteiger partial charge in [-0.2, -0.15) is 20.1 Å². The molecule has 0 bridgehead atoms. The van der Waals surface area contributed by atoms with Crippen LogP contribution in [0.4, 0.5) is 11.9 Å². The molecule has 2 aromatic heterocycles. The summed E-state index contributed by atoms with van der Waals surface area (Å²) in [5.41, 5.74) is 0.926. The first-order valence-electron chi connectivity index (χ1n) is 9.78. The number of morpholine rings is 1. The Kier molecular flexibility index (Phi) is 5.65. The number of hydrogen-bond acceptors (Lipinski definition) is 9. The van der Waals surface area contributed by atoms with Crippen LogP contribution in [0.5, 0.6) is 0 Å². The van der Waals surface area contributed by atoms with Crippen molar-refractivity contribution in [1.29, 1.82) is 0 Å². The van der Waals surface area contributed by atoms with Gasteiger partial charge < -0.3 is 14.5 Å². The normalized spacial score (nSPS) is 17.9. The van der Waals surface area contributed by atoms with Crippen molar-refractivity contribution in [3.8, 4) is 0 Å². The standard InChI is InChI=1S/C17H26N8O3S/c1-12-15(13(2)23-22-12)29(26,27)18-11-14-19-16(24-5-3-4-6-24)21-17(20-14)25-7-9-28-10-8-25/h18H,3-11H2,1-2H3,(H,22,23). The van der Waals surface area contributed by atoms with Crippen LogP contribution >= 0.6 is 0 Å². The molecule has 0 unspecified atom stereocenters. The molecule has 2 aliphatic rings. The lowest BCUT2D eigenvalue weighted by Gasteiger charge is -2.28. The van der Waals surface area contributed by atoms with Gasteiger partial charge >= 0.3 is 0 Å². The van der Waals surface area contributed by atoms with Crippen LogP contribution in [0, 0.1) is 13.8 Å². The molecular formula is C17H26N8O3S. The maximum absolute atomic E-state index is 12.8. The van der Waals surface area contributed by atoms with Crippen molar-refractivity contribution in [3.05, 3.63) is 17.2 Å². The molecule has 2 aliphatic heterocycles. The summed E-state index contributed by atoms with van der Waals surface area (Å²) >= 11 is 0. The van der Waals surface area contributed by atoms with E-state index in [2.05, 4.69) is 34.8 Å². The van der Waals surface area contributed by atoms with Gasteiger partial charge in [0, 0.05) is 26.2 Å². The van der Waals surface area contributed by atoms with Crippen molar-refractivity contribution in [3.63, 3.8) is 0 Å². The molecule has 12 heteroatoms. The number of hydrogen-bond donors (Lipinski definition) is 2. The monoisotopic (exact) mass is 422 g/mol. The number of ether oxygens (including phenoxy) is 1. The fourth-order valence-electron chi connectivity index (χ4n) is 3.61. The molecule has 29 heavy (non-hydrogen) atoms. The van der Waals surface area contributed by atoms with E-state index in [1.165, 1.54) is 0 Å². The molecule has 4 heterocycles. The van der Waals surface area contributed by atoms with Gasteiger partial charge in [-0.05, 0) is 26.7 Å². The Morgan fingerprint density at radius 3 is 2.21 bits per heavy atom. The Balaban J connectivity index is 1.59. The molecular weight excluding hydrogens is 396 g/mol. The average Bonchev–Trinajstić information content (AvgIpc) is 3.37. The zero-order chi connectivity index (χ0) is 20.4. The predicted molar refractivity (Wildman–Crippen MR) is 106 cm³/mol. The zero-order valence-electron chi connectivity index (χ0n) is 16.7. The summed E-state index contributed by atoms with van der Waals surface area (Å²) in [7, 11) is -3.74. The lowest BCUT2D eigenvalue weighted by molar-refractivity contribution is 0.122. The van der Waals surface area contributed by atoms with Crippen molar-refractivity contribution < 1.29 is 13.2 Å². The van der Waals surface area contributed by atoms with Crippen molar-refractivity contribution in [2.24, 2.45) is 0 Å². The maximum atomic E-state index is 12.8. The van der Waals surface area contributed by atoms with E-state index in [0.717, 1.165) is 25.9 Å². The Morgan fingerprint density at radius 1 is 1.00 bits per heavy atom. The number of rotatable bonds is 6. The average molecular weight is 423 g/mol. The minimum atomic E-state index is -3.74. The molecule has 2 aromatic rings. The van der Waals surface area contributed by atoms with Crippen LogP contribution in [-0.2, 0) is 21.3 Å². The second-order valence-electron chi connectivity index (χ2n) is 7.23. The van der Waals surface area contributed by atoms with Gasteiger partial charge in [0.2, 0.25) is 21.9 Å². The number of aromatic amines is 1. The highest BCUT2D eigenvalue weighted by molar-refractivity contribution is 7.89. The summed E-state index contributed by atoms with van der Waals surface area (Å²) in [6.07, 6.45) is 2.19. The molecule has 0 saturated carbocycles. The summed E-state index contributed by atoms with van der Waals surface area (Å²) in [5, 5.41) is 6.67. The summed E-state index contributed by atoms with van der Waals surface area (Å²) < 4.78 is 33.5. The van der Waals surface area contributed by atoms with Crippen LogP contribution in [0.1, 0.15) is 30.1 Å². The quantitative estimate of drug-likeness (QED) is 0.667.